The van der Waals surface area contributed by atoms with Crippen molar-refractivity contribution >= 4 is 17.7 Å². The van der Waals surface area contributed by atoms with E-state index in [1.165, 1.54) is 17.8 Å². The quantitative estimate of drug-likeness (QED) is 0.764. The number of carbonyl (C=O) groups is 1. The molecule has 1 aromatic rings. The third-order valence-corrected chi connectivity index (χ3v) is 4.19. The van der Waals surface area contributed by atoms with Crippen molar-refractivity contribution in [3.05, 3.63) is 35.4 Å². The summed E-state index contributed by atoms with van der Waals surface area (Å²) in [7, 11) is 0. The van der Waals surface area contributed by atoms with Crippen LogP contribution >= 0.6 is 11.8 Å². The summed E-state index contributed by atoms with van der Waals surface area (Å²) in [5, 5.41) is 14.2. The van der Waals surface area contributed by atoms with Crippen molar-refractivity contribution in [2.45, 2.75) is 17.8 Å². The van der Waals surface area contributed by atoms with Crippen LogP contribution in [0.2, 0.25) is 0 Å². The summed E-state index contributed by atoms with van der Waals surface area (Å²) in [6, 6.07) is 2.66. The Bertz CT molecular complexity index is 461. The third kappa shape index (κ3) is 3.47. The molecule has 1 heterocycles. The molecule has 1 aromatic carbocycles. The lowest BCUT2D eigenvalue weighted by atomic mass is 10.0. The summed E-state index contributed by atoms with van der Waals surface area (Å²) in [5.41, 5.74) is -0.210. The Labute approximate surface area is 119 Å². The molecule has 0 unspecified atom stereocenters. The van der Waals surface area contributed by atoms with Gasteiger partial charge in [-0.25, -0.2) is 8.78 Å². The molecule has 1 saturated heterocycles. The fourth-order valence-electron chi connectivity index (χ4n) is 2.10. The Morgan fingerprint density at radius 1 is 1.50 bits per heavy atom. The van der Waals surface area contributed by atoms with E-state index in [4.69, 9.17) is 5.11 Å². The minimum absolute atomic E-state index is 0.0565. The molecule has 0 spiro atoms. The number of carbonyl (C=O) groups excluding carboxylic acids is 1. The summed E-state index contributed by atoms with van der Waals surface area (Å²) in [6.45, 7) is 0.450. The lowest BCUT2D eigenvalue weighted by Crippen LogP contribution is -2.41. The SMILES string of the molecule is O=C(N[C@@H](CCO)c1c(F)cccc1F)[C@H]1NCCS1. The number of halogens is 2. The van der Waals surface area contributed by atoms with Gasteiger partial charge in [0.15, 0.2) is 0 Å². The van der Waals surface area contributed by atoms with Gasteiger partial charge in [0, 0.05) is 24.5 Å². The lowest BCUT2D eigenvalue weighted by molar-refractivity contribution is -0.121. The molecule has 20 heavy (non-hydrogen) atoms. The molecule has 1 aliphatic rings. The topological polar surface area (TPSA) is 61.4 Å². The molecule has 0 radical (unpaired) electrons. The van der Waals surface area contributed by atoms with Crippen LogP contribution in [-0.4, -0.2) is 35.3 Å². The zero-order valence-electron chi connectivity index (χ0n) is 10.7. The van der Waals surface area contributed by atoms with Crippen LogP contribution in [0.25, 0.3) is 0 Å². The van der Waals surface area contributed by atoms with E-state index in [0.717, 1.165) is 24.4 Å². The second-order valence-electron chi connectivity index (χ2n) is 4.41. The first-order valence-electron chi connectivity index (χ1n) is 6.33. The summed E-state index contributed by atoms with van der Waals surface area (Å²) in [6.07, 6.45) is 0.0565. The molecule has 1 amide bonds. The van der Waals surface area contributed by atoms with Crippen LogP contribution in [0.15, 0.2) is 18.2 Å². The van der Waals surface area contributed by atoms with Crippen LogP contribution in [0.4, 0.5) is 8.78 Å². The Morgan fingerprint density at radius 2 is 2.20 bits per heavy atom. The van der Waals surface area contributed by atoms with E-state index in [-0.39, 0.29) is 24.5 Å². The normalized spacial score (nSPS) is 19.9. The maximum Gasteiger partial charge on any atom is 0.248 e. The number of rotatable bonds is 5. The highest BCUT2D eigenvalue weighted by Gasteiger charge is 2.27. The van der Waals surface area contributed by atoms with Gasteiger partial charge in [0.25, 0.3) is 0 Å². The van der Waals surface area contributed by atoms with Crippen LogP contribution in [0.3, 0.4) is 0 Å². The molecule has 0 bridgehead atoms. The zero-order valence-corrected chi connectivity index (χ0v) is 11.6. The Balaban J connectivity index is 2.16. The molecule has 1 aliphatic heterocycles. The number of hydrogen-bond donors (Lipinski definition) is 3. The molecular weight excluding hydrogens is 286 g/mol. The minimum atomic E-state index is -0.878. The molecular formula is C13H16F2N2O2S. The van der Waals surface area contributed by atoms with Gasteiger partial charge in [-0.2, -0.15) is 0 Å². The highest BCUT2D eigenvalue weighted by molar-refractivity contribution is 8.00. The van der Waals surface area contributed by atoms with E-state index in [0.29, 0.717) is 0 Å². The minimum Gasteiger partial charge on any atom is -0.396 e. The van der Waals surface area contributed by atoms with E-state index in [9.17, 15) is 13.6 Å². The number of thioether (sulfide) groups is 1. The molecule has 0 aromatic heterocycles. The highest BCUT2D eigenvalue weighted by atomic mass is 32.2. The average Bonchev–Trinajstić information content (AvgIpc) is 2.92. The van der Waals surface area contributed by atoms with Gasteiger partial charge in [-0.15, -0.1) is 11.8 Å². The number of benzene rings is 1. The smallest absolute Gasteiger partial charge is 0.248 e. The van der Waals surface area contributed by atoms with Crippen molar-refractivity contribution in [1.29, 1.82) is 0 Å². The van der Waals surface area contributed by atoms with Crippen molar-refractivity contribution in [2.24, 2.45) is 0 Å². The molecule has 3 N–H and O–H groups in total. The summed E-state index contributed by atoms with van der Waals surface area (Å²) < 4.78 is 27.5. The molecule has 2 rings (SSSR count). The number of nitrogens with one attached hydrogen (secondary N) is 2. The molecule has 4 nitrogen and oxygen atoms in total. The van der Waals surface area contributed by atoms with Crippen LogP contribution in [0.1, 0.15) is 18.0 Å². The maximum absolute atomic E-state index is 13.8. The van der Waals surface area contributed by atoms with E-state index in [1.54, 1.807) is 0 Å². The maximum atomic E-state index is 13.8. The van der Waals surface area contributed by atoms with E-state index in [1.807, 2.05) is 0 Å². The van der Waals surface area contributed by atoms with Crippen LogP contribution in [0, 0.1) is 11.6 Å². The summed E-state index contributed by atoms with van der Waals surface area (Å²) in [5.74, 6) is -0.961. The summed E-state index contributed by atoms with van der Waals surface area (Å²) >= 11 is 1.44. The van der Waals surface area contributed by atoms with Crippen LogP contribution < -0.4 is 10.6 Å². The third-order valence-electron chi connectivity index (χ3n) is 3.04. The molecule has 0 aliphatic carbocycles. The van der Waals surface area contributed by atoms with Gasteiger partial charge >= 0.3 is 0 Å². The fourth-order valence-corrected chi connectivity index (χ4v) is 3.03. The second kappa shape index (κ2) is 7.01. The van der Waals surface area contributed by atoms with Gasteiger partial charge in [0.1, 0.15) is 17.0 Å². The number of aliphatic hydroxyl groups is 1. The van der Waals surface area contributed by atoms with Gasteiger partial charge in [-0.05, 0) is 18.6 Å². The molecule has 2 atom stereocenters. The van der Waals surface area contributed by atoms with Gasteiger partial charge in [-0.1, -0.05) is 6.07 Å². The van der Waals surface area contributed by atoms with Crippen molar-refractivity contribution in [2.75, 3.05) is 18.9 Å². The monoisotopic (exact) mass is 302 g/mol. The van der Waals surface area contributed by atoms with E-state index < -0.39 is 23.1 Å². The standard InChI is InChI=1S/C13H16F2N2O2S/c14-8-2-1-3-9(15)11(8)10(4-6-18)17-12(19)13-16-5-7-20-13/h1-3,10,13,16,18H,4-7H2,(H,17,19)/t10-,13-/m0/s1. The van der Waals surface area contributed by atoms with Crippen LogP contribution in [0.5, 0.6) is 0 Å². The Morgan fingerprint density at radius 3 is 2.75 bits per heavy atom. The fraction of sp³-hybridized carbons (Fsp3) is 0.462. The lowest BCUT2D eigenvalue weighted by Gasteiger charge is -2.21. The largest absolute Gasteiger partial charge is 0.396 e. The zero-order chi connectivity index (χ0) is 14.5. The molecule has 1 fully saturated rings. The van der Waals surface area contributed by atoms with Crippen molar-refractivity contribution < 1.29 is 18.7 Å². The van der Waals surface area contributed by atoms with E-state index >= 15 is 0 Å². The van der Waals surface area contributed by atoms with Gasteiger partial charge < -0.3 is 10.4 Å². The second-order valence-corrected chi connectivity index (χ2v) is 5.63. The van der Waals surface area contributed by atoms with Crippen LogP contribution in [-0.2, 0) is 4.79 Å². The van der Waals surface area contributed by atoms with Crippen molar-refractivity contribution in [1.82, 2.24) is 10.6 Å². The Hall–Kier alpha value is -1.18. The number of hydrogen-bond acceptors (Lipinski definition) is 4. The first kappa shape index (κ1) is 15.2. The van der Waals surface area contributed by atoms with Crippen molar-refractivity contribution in [3.8, 4) is 0 Å². The first-order valence-corrected chi connectivity index (χ1v) is 7.38. The summed E-state index contributed by atoms with van der Waals surface area (Å²) in [4.78, 5) is 12.0. The number of aliphatic hydroxyl groups excluding tert-OH is 1. The average molecular weight is 302 g/mol. The number of amides is 1. The van der Waals surface area contributed by atoms with Crippen molar-refractivity contribution in [3.63, 3.8) is 0 Å². The molecule has 7 heteroatoms. The van der Waals surface area contributed by atoms with E-state index in [2.05, 4.69) is 10.6 Å². The van der Waals surface area contributed by atoms with Gasteiger partial charge in [0.05, 0.1) is 6.04 Å². The molecule has 0 saturated carbocycles. The van der Waals surface area contributed by atoms with Gasteiger partial charge in [0.2, 0.25) is 5.91 Å². The molecule has 110 valence electrons. The predicted molar refractivity (Wildman–Crippen MR) is 73.2 cm³/mol. The van der Waals surface area contributed by atoms with Gasteiger partial charge in [-0.3, -0.25) is 10.1 Å². The highest BCUT2D eigenvalue weighted by Crippen LogP contribution is 2.24. The first-order chi connectivity index (χ1) is 9.63. The Kier molecular flexibility index (Phi) is 5.33. The predicted octanol–water partition coefficient (Wildman–Crippen LogP) is 1.17.